The molecule has 0 unspecified atom stereocenters. The Hall–Kier alpha value is -3.02. The van der Waals surface area contributed by atoms with Crippen molar-refractivity contribution in [2.75, 3.05) is 11.1 Å². The van der Waals surface area contributed by atoms with E-state index in [-0.39, 0.29) is 17.1 Å². The average molecular weight is 431 g/mol. The van der Waals surface area contributed by atoms with Crippen molar-refractivity contribution in [2.24, 2.45) is 23.2 Å². The lowest BCUT2D eigenvalue weighted by Gasteiger charge is -2.56. The second kappa shape index (κ2) is 7.26. The number of nitrogen functional groups attached to an aromatic ring is 1. The van der Waals surface area contributed by atoms with Crippen LogP contribution in [0.15, 0.2) is 42.5 Å². The molecule has 0 radical (unpaired) electrons. The monoisotopic (exact) mass is 430 g/mol. The summed E-state index contributed by atoms with van der Waals surface area (Å²) in [6.07, 6.45) is 8.52. The van der Waals surface area contributed by atoms with Crippen molar-refractivity contribution in [3.8, 4) is 5.75 Å². The van der Waals surface area contributed by atoms with Crippen LogP contribution in [0.4, 0.5) is 11.5 Å². The predicted octanol–water partition coefficient (Wildman–Crippen LogP) is 4.92. The maximum absolute atomic E-state index is 13.0. The summed E-state index contributed by atoms with van der Waals surface area (Å²) in [5.41, 5.74) is 8.81. The minimum Gasteiger partial charge on any atom is -0.508 e. The van der Waals surface area contributed by atoms with Gasteiger partial charge in [-0.15, -0.1) is 0 Å². The molecule has 0 saturated heterocycles. The number of nitrogens with one attached hydrogen (secondary N) is 1. The molecule has 6 nitrogen and oxygen atoms in total. The fraction of sp³-hybridized carbons (Fsp3) is 0.462. The van der Waals surface area contributed by atoms with Gasteiger partial charge in [-0.1, -0.05) is 18.2 Å². The number of nitrogens with two attached hydrogens (primary N) is 1. The largest absolute Gasteiger partial charge is 0.508 e. The normalized spacial score (nSPS) is 28.3. The topological polar surface area (TPSA) is 93.2 Å². The van der Waals surface area contributed by atoms with Gasteiger partial charge in [-0.3, -0.25) is 4.79 Å². The van der Waals surface area contributed by atoms with Crippen LogP contribution in [-0.2, 0) is 11.3 Å². The molecule has 32 heavy (non-hydrogen) atoms. The van der Waals surface area contributed by atoms with Crippen LogP contribution in [0.2, 0.25) is 0 Å². The van der Waals surface area contributed by atoms with E-state index in [0.29, 0.717) is 18.8 Å². The van der Waals surface area contributed by atoms with Crippen LogP contribution in [0.3, 0.4) is 0 Å². The maximum atomic E-state index is 13.0. The van der Waals surface area contributed by atoms with Gasteiger partial charge in [0.1, 0.15) is 11.6 Å². The maximum Gasteiger partial charge on any atom is 0.224 e. The standard InChI is InChI=1S/C26H30N4O2/c27-25-21-6-5-20(10-22(21)29-30(25)15-19-3-1-2-4-23(19)31)28-24(32)14-26-11-16-7-17(12-26)9-18(8-16)13-26/h1-6,10,16-18,31H,7-9,11-15,27H2,(H,28,32). The Morgan fingerprint density at radius 3 is 2.47 bits per heavy atom. The van der Waals surface area contributed by atoms with Gasteiger partial charge in [-0.25, -0.2) is 4.68 Å². The van der Waals surface area contributed by atoms with Crippen molar-refractivity contribution in [3.63, 3.8) is 0 Å². The van der Waals surface area contributed by atoms with Crippen molar-refractivity contribution in [1.82, 2.24) is 9.78 Å². The number of hydrogen-bond acceptors (Lipinski definition) is 4. The predicted molar refractivity (Wildman–Crippen MR) is 125 cm³/mol. The Morgan fingerprint density at radius 1 is 1.09 bits per heavy atom. The minimum absolute atomic E-state index is 0.118. The molecule has 4 bridgehead atoms. The highest BCUT2D eigenvalue weighted by molar-refractivity contribution is 5.96. The third kappa shape index (κ3) is 3.42. The van der Waals surface area contributed by atoms with E-state index in [2.05, 4.69) is 10.4 Å². The van der Waals surface area contributed by atoms with Crippen LogP contribution in [0, 0.1) is 23.2 Å². The average Bonchev–Trinajstić information content (AvgIpc) is 3.03. The molecule has 2 aromatic carbocycles. The molecule has 0 spiro atoms. The fourth-order valence-electron chi connectivity index (χ4n) is 7.21. The summed E-state index contributed by atoms with van der Waals surface area (Å²) in [5, 5.41) is 18.7. The van der Waals surface area contributed by atoms with Crippen molar-refractivity contribution >= 4 is 28.3 Å². The van der Waals surface area contributed by atoms with Crippen molar-refractivity contribution in [3.05, 3.63) is 48.0 Å². The Kier molecular flexibility index (Phi) is 4.46. The number of amides is 1. The van der Waals surface area contributed by atoms with Crippen LogP contribution < -0.4 is 11.1 Å². The summed E-state index contributed by atoms with van der Waals surface area (Å²) in [7, 11) is 0. The Bertz CT molecular complexity index is 1160. The quantitative estimate of drug-likeness (QED) is 0.536. The number of fused-ring (bicyclic) bond motifs is 1. The Labute approximate surface area is 187 Å². The van der Waals surface area contributed by atoms with Gasteiger partial charge >= 0.3 is 0 Å². The van der Waals surface area contributed by atoms with Gasteiger partial charge in [0.05, 0.1) is 12.1 Å². The molecular formula is C26H30N4O2. The lowest BCUT2D eigenvalue weighted by Crippen LogP contribution is -2.47. The zero-order valence-corrected chi connectivity index (χ0v) is 18.3. The molecule has 6 heteroatoms. The summed E-state index contributed by atoms with van der Waals surface area (Å²) < 4.78 is 1.70. The van der Waals surface area contributed by atoms with E-state index in [1.807, 2.05) is 30.3 Å². The SMILES string of the molecule is Nc1c2ccc(NC(=O)CC34CC5CC(CC(C5)C3)C4)cc2nn1Cc1ccccc1O. The number of nitrogens with zero attached hydrogens (tertiary/aromatic N) is 2. The highest BCUT2D eigenvalue weighted by Gasteiger charge is 2.51. The first-order valence-electron chi connectivity index (χ1n) is 11.8. The van der Waals surface area contributed by atoms with Gasteiger partial charge in [0.25, 0.3) is 0 Å². The van der Waals surface area contributed by atoms with E-state index < -0.39 is 0 Å². The molecule has 4 fully saturated rings. The van der Waals surface area contributed by atoms with E-state index in [4.69, 9.17) is 5.73 Å². The molecule has 1 amide bonds. The van der Waals surface area contributed by atoms with Gasteiger partial charge in [0.15, 0.2) is 0 Å². The minimum atomic E-state index is 0.118. The zero-order chi connectivity index (χ0) is 21.9. The molecule has 0 aliphatic heterocycles. The number of benzene rings is 2. The van der Waals surface area contributed by atoms with Gasteiger partial charge in [0, 0.05) is 23.1 Å². The summed E-state index contributed by atoms with van der Waals surface area (Å²) in [5.74, 6) is 3.44. The van der Waals surface area contributed by atoms with Gasteiger partial charge in [-0.05, 0) is 86.0 Å². The molecule has 7 rings (SSSR count). The highest BCUT2D eigenvalue weighted by Crippen LogP contribution is 2.61. The highest BCUT2D eigenvalue weighted by atomic mass is 16.3. The Morgan fingerprint density at radius 2 is 1.78 bits per heavy atom. The zero-order valence-electron chi connectivity index (χ0n) is 18.3. The lowest BCUT2D eigenvalue weighted by atomic mass is 9.49. The summed E-state index contributed by atoms with van der Waals surface area (Å²) >= 11 is 0. The van der Waals surface area contributed by atoms with Gasteiger partial charge < -0.3 is 16.2 Å². The molecule has 4 N–H and O–H groups in total. The van der Waals surface area contributed by atoms with Crippen LogP contribution in [0.1, 0.15) is 50.5 Å². The van der Waals surface area contributed by atoms with E-state index in [9.17, 15) is 9.90 Å². The van der Waals surface area contributed by atoms with E-state index >= 15 is 0 Å². The first kappa shape index (κ1) is 19.6. The number of rotatable bonds is 5. The molecule has 1 heterocycles. The number of phenols is 1. The fourth-order valence-corrected chi connectivity index (χ4v) is 7.21. The number of para-hydroxylation sites is 1. The molecule has 0 atom stereocenters. The molecular weight excluding hydrogens is 400 g/mol. The van der Waals surface area contributed by atoms with Gasteiger partial charge in [-0.2, -0.15) is 5.10 Å². The van der Waals surface area contributed by atoms with Crippen molar-refractivity contribution in [2.45, 2.75) is 51.5 Å². The summed E-state index contributed by atoms with van der Waals surface area (Å²) in [4.78, 5) is 13.0. The number of aromatic nitrogens is 2. The second-order valence-corrected chi connectivity index (χ2v) is 10.5. The van der Waals surface area contributed by atoms with Crippen molar-refractivity contribution < 1.29 is 9.90 Å². The molecule has 4 aliphatic carbocycles. The lowest BCUT2D eigenvalue weighted by molar-refractivity contribution is -0.124. The molecule has 1 aromatic heterocycles. The second-order valence-electron chi connectivity index (χ2n) is 10.5. The number of anilines is 2. The first-order valence-corrected chi connectivity index (χ1v) is 11.8. The molecule has 166 valence electrons. The third-order valence-corrected chi connectivity index (χ3v) is 8.08. The number of carbonyl (C=O) groups excluding carboxylic acids is 1. The van der Waals surface area contributed by atoms with Crippen LogP contribution in [-0.4, -0.2) is 20.8 Å². The smallest absolute Gasteiger partial charge is 0.224 e. The molecule has 4 aliphatic rings. The number of phenolic OH excluding ortho intramolecular Hbond substituents is 1. The van der Waals surface area contributed by atoms with Crippen LogP contribution in [0.5, 0.6) is 5.75 Å². The number of aromatic hydroxyl groups is 1. The van der Waals surface area contributed by atoms with Gasteiger partial charge in [0.2, 0.25) is 5.91 Å². The van der Waals surface area contributed by atoms with Crippen LogP contribution in [0.25, 0.3) is 10.9 Å². The van der Waals surface area contributed by atoms with E-state index in [0.717, 1.165) is 39.9 Å². The number of hydrogen-bond donors (Lipinski definition) is 3. The first-order chi connectivity index (χ1) is 15.5. The summed E-state index contributed by atoms with van der Waals surface area (Å²) in [6.45, 7) is 0.390. The van der Waals surface area contributed by atoms with E-state index in [1.165, 1.54) is 38.5 Å². The molecule has 3 aromatic rings. The molecule has 4 saturated carbocycles. The summed E-state index contributed by atoms with van der Waals surface area (Å²) in [6, 6.07) is 12.9. The Balaban J connectivity index is 1.19. The third-order valence-electron chi connectivity index (χ3n) is 8.08. The van der Waals surface area contributed by atoms with Crippen LogP contribution >= 0.6 is 0 Å². The number of carbonyl (C=O) groups is 1. The van der Waals surface area contributed by atoms with E-state index in [1.54, 1.807) is 16.8 Å². The van der Waals surface area contributed by atoms with Crippen molar-refractivity contribution in [1.29, 1.82) is 0 Å².